The van der Waals surface area contributed by atoms with Gasteiger partial charge >= 0.3 is 0 Å². The summed E-state index contributed by atoms with van der Waals surface area (Å²) >= 11 is 2.21. The Morgan fingerprint density at radius 1 is 1.26 bits per heavy atom. The number of amides is 1. The van der Waals surface area contributed by atoms with Gasteiger partial charge in [0, 0.05) is 28.5 Å². The number of piperidine rings is 1. The monoisotopic (exact) mass is 425 g/mol. The zero-order chi connectivity index (χ0) is 16.4. The summed E-state index contributed by atoms with van der Waals surface area (Å²) in [5, 5.41) is 8.29. The van der Waals surface area contributed by atoms with Gasteiger partial charge in [-0.15, -0.1) is 10.2 Å². The molecule has 2 heterocycles. The minimum Gasteiger partial charge on any atom is -0.425 e. The fraction of sp³-hybridized carbons (Fsp3) is 0.471. The van der Waals surface area contributed by atoms with Crippen LogP contribution in [0, 0.1) is 3.57 Å². The highest BCUT2D eigenvalue weighted by Crippen LogP contribution is 2.29. The van der Waals surface area contributed by atoms with Crippen LogP contribution in [0.3, 0.4) is 0 Å². The Hall–Kier alpha value is -1.44. The number of aromatic nitrogens is 2. The summed E-state index contributed by atoms with van der Waals surface area (Å²) in [5.41, 5.74) is 0.784. The number of carbonyl (C=O) groups excluding carboxylic acids is 1. The number of benzene rings is 1. The van der Waals surface area contributed by atoms with E-state index in [0.29, 0.717) is 5.89 Å². The van der Waals surface area contributed by atoms with Crippen molar-refractivity contribution in [1.29, 1.82) is 0 Å². The number of hydrogen-bond donors (Lipinski definition) is 0. The maximum absolute atomic E-state index is 12.6. The van der Waals surface area contributed by atoms with Crippen LogP contribution in [-0.4, -0.2) is 34.1 Å². The maximum atomic E-state index is 12.6. The van der Waals surface area contributed by atoms with Gasteiger partial charge in [-0.1, -0.05) is 26.0 Å². The Morgan fingerprint density at radius 2 is 1.96 bits per heavy atom. The summed E-state index contributed by atoms with van der Waals surface area (Å²) in [7, 11) is 0. The second-order valence-corrected chi connectivity index (χ2v) is 7.34. The van der Waals surface area contributed by atoms with Gasteiger partial charge in [0.2, 0.25) is 11.8 Å². The first-order valence-electron chi connectivity index (χ1n) is 7.93. The molecule has 1 aliphatic rings. The topological polar surface area (TPSA) is 59.2 Å². The number of halogens is 1. The molecule has 1 aromatic heterocycles. The van der Waals surface area contributed by atoms with Crippen LogP contribution in [0.25, 0.3) is 0 Å². The largest absolute Gasteiger partial charge is 0.425 e. The Kier molecular flexibility index (Phi) is 4.99. The van der Waals surface area contributed by atoms with Crippen LogP contribution in [0.4, 0.5) is 0 Å². The van der Waals surface area contributed by atoms with E-state index < -0.39 is 0 Å². The highest BCUT2D eigenvalue weighted by Gasteiger charge is 2.28. The predicted molar refractivity (Wildman–Crippen MR) is 95.4 cm³/mol. The summed E-state index contributed by atoms with van der Waals surface area (Å²) in [6, 6.07) is 7.72. The Bertz CT molecular complexity index is 691. The number of rotatable bonds is 3. The van der Waals surface area contributed by atoms with Crippen LogP contribution >= 0.6 is 22.6 Å². The standard InChI is InChI=1S/C17H20IN3O2/c1-11(2)15-19-20-16(23-15)12-7-9-21(10-8-12)17(22)13-5-3-4-6-14(13)18/h3-6,11-12H,7-10H2,1-2H3. The maximum Gasteiger partial charge on any atom is 0.254 e. The van der Waals surface area contributed by atoms with Crippen LogP contribution < -0.4 is 0 Å². The van der Waals surface area contributed by atoms with E-state index in [4.69, 9.17) is 4.42 Å². The molecule has 1 aromatic carbocycles. The van der Waals surface area contributed by atoms with Gasteiger partial charge in [0.15, 0.2) is 0 Å². The third kappa shape index (κ3) is 3.57. The molecule has 0 bridgehead atoms. The number of nitrogens with zero attached hydrogens (tertiary/aromatic N) is 3. The average Bonchev–Trinajstić information content (AvgIpc) is 3.05. The van der Waals surface area contributed by atoms with Crippen molar-refractivity contribution in [3.05, 3.63) is 45.2 Å². The SMILES string of the molecule is CC(C)c1nnc(C2CCN(C(=O)c3ccccc3I)CC2)o1. The molecule has 1 fully saturated rings. The highest BCUT2D eigenvalue weighted by molar-refractivity contribution is 14.1. The van der Waals surface area contributed by atoms with E-state index in [9.17, 15) is 4.79 Å². The quantitative estimate of drug-likeness (QED) is 0.702. The van der Waals surface area contributed by atoms with Crippen molar-refractivity contribution >= 4 is 28.5 Å². The summed E-state index contributed by atoms with van der Waals surface area (Å²) < 4.78 is 6.75. The molecular formula is C17H20IN3O2. The molecule has 3 rings (SSSR count). The van der Waals surface area contributed by atoms with Crippen molar-refractivity contribution in [3.8, 4) is 0 Å². The van der Waals surface area contributed by atoms with Crippen molar-refractivity contribution in [2.75, 3.05) is 13.1 Å². The van der Waals surface area contributed by atoms with Crippen molar-refractivity contribution < 1.29 is 9.21 Å². The van der Waals surface area contributed by atoms with Gasteiger partial charge in [-0.3, -0.25) is 4.79 Å². The average molecular weight is 425 g/mol. The minimum absolute atomic E-state index is 0.113. The molecule has 122 valence electrons. The molecule has 0 aliphatic carbocycles. The van der Waals surface area contributed by atoms with Crippen LogP contribution in [0.15, 0.2) is 28.7 Å². The van der Waals surface area contributed by atoms with Crippen molar-refractivity contribution in [2.45, 2.75) is 38.5 Å². The number of likely N-dealkylation sites (tertiary alicyclic amines) is 1. The summed E-state index contributed by atoms with van der Waals surface area (Å²) in [6.07, 6.45) is 1.74. The van der Waals surface area contributed by atoms with E-state index >= 15 is 0 Å². The summed E-state index contributed by atoms with van der Waals surface area (Å²) in [5.74, 6) is 2.03. The molecule has 1 amide bonds. The second-order valence-electron chi connectivity index (χ2n) is 6.18. The normalized spacial score (nSPS) is 16.1. The van der Waals surface area contributed by atoms with Gasteiger partial charge in [-0.2, -0.15) is 0 Å². The van der Waals surface area contributed by atoms with Gasteiger partial charge in [-0.25, -0.2) is 0 Å². The minimum atomic E-state index is 0.113. The van der Waals surface area contributed by atoms with Crippen LogP contribution in [-0.2, 0) is 0 Å². The molecule has 0 atom stereocenters. The first-order chi connectivity index (χ1) is 11.1. The second kappa shape index (κ2) is 6.98. The molecule has 0 N–H and O–H groups in total. The first kappa shape index (κ1) is 16.4. The third-order valence-corrected chi connectivity index (χ3v) is 5.13. The van der Waals surface area contributed by atoms with Gasteiger partial charge in [0.1, 0.15) is 0 Å². The highest BCUT2D eigenvalue weighted by atomic mass is 127. The molecule has 1 saturated heterocycles. The van der Waals surface area contributed by atoms with Crippen molar-refractivity contribution in [2.24, 2.45) is 0 Å². The predicted octanol–water partition coefficient (Wildman–Crippen LogP) is 3.82. The van der Waals surface area contributed by atoms with E-state index in [-0.39, 0.29) is 17.7 Å². The Labute approximate surface area is 149 Å². The smallest absolute Gasteiger partial charge is 0.254 e. The fourth-order valence-electron chi connectivity index (χ4n) is 2.78. The van der Waals surface area contributed by atoms with E-state index in [0.717, 1.165) is 41.0 Å². The molecule has 2 aromatic rings. The van der Waals surface area contributed by atoms with E-state index in [1.807, 2.05) is 43.0 Å². The lowest BCUT2D eigenvalue weighted by Crippen LogP contribution is -2.38. The van der Waals surface area contributed by atoms with Crippen molar-refractivity contribution in [1.82, 2.24) is 15.1 Å². The lowest BCUT2D eigenvalue weighted by Gasteiger charge is -2.30. The van der Waals surface area contributed by atoms with Crippen molar-refractivity contribution in [3.63, 3.8) is 0 Å². The molecular weight excluding hydrogens is 405 g/mol. The van der Waals surface area contributed by atoms with Gasteiger partial charge < -0.3 is 9.32 Å². The summed E-state index contributed by atoms with van der Waals surface area (Å²) in [6.45, 7) is 5.54. The number of hydrogen-bond acceptors (Lipinski definition) is 4. The molecule has 1 aliphatic heterocycles. The number of carbonyl (C=O) groups is 1. The van der Waals surface area contributed by atoms with E-state index in [1.165, 1.54) is 0 Å². The fourth-order valence-corrected chi connectivity index (χ4v) is 3.40. The van der Waals surface area contributed by atoms with Gasteiger partial charge in [0.25, 0.3) is 5.91 Å². The lowest BCUT2D eigenvalue weighted by atomic mass is 9.96. The Balaban J connectivity index is 1.64. The van der Waals surface area contributed by atoms with Crippen LogP contribution in [0.2, 0.25) is 0 Å². The summed E-state index contributed by atoms with van der Waals surface area (Å²) in [4.78, 5) is 14.6. The Morgan fingerprint density at radius 3 is 2.57 bits per heavy atom. The first-order valence-corrected chi connectivity index (χ1v) is 9.01. The molecule has 6 heteroatoms. The van der Waals surface area contributed by atoms with E-state index in [2.05, 4.69) is 32.8 Å². The van der Waals surface area contributed by atoms with Crippen LogP contribution in [0.5, 0.6) is 0 Å². The molecule has 0 radical (unpaired) electrons. The molecule has 23 heavy (non-hydrogen) atoms. The molecule has 5 nitrogen and oxygen atoms in total. The third-order valence-electron chi connectivity index (χ3n) is 4.19. The molecule has 0 saturated carbocycles. The van der Waals surface area contributed by atoms with E-state index in [1.54, 1.807) is 0 Å². The van der Waals surface area contributed by atoms with Gasteiger partial charge in [-0.05, 0) is 47.6 Å². The zero-order valence-corrected chi connectivity index (χ0v) is 15.5. The van der Waals surface area contributed by atoms with Gasteiger partial charge in [0.05, 0.1) is 5.56 Å². The van der Waals surface area contributed by atoms with Crippen LogP contribution in [0.1, 0.15) is 60.7 Å². The lowest BCUT2D eigenvalue weighted by molar-refractivity contribution is 0.0705. The zero-order valence-electron chi connectivity index (χ0n) is 13.3. The molecule has 0 unspecified atom stereocenters. The molecule has 0 spiro atoms.